The number of rotatable bonds is 6. The molecule has 0 aliphatic carbocycles. The molecular formula is C19H31IN4OS. The van der Waals surface area contributed by atoms with E-state index in [0.717, 1.165) is 44.2 Å². The van der Waals surface area contributed by atoms with Crippen LogP contribution >= 0.6 is 35.7 Å². The van der Waals surface area contributed by atoms with E-state index in [-0.39, 0.29) is 29.9 Å². The number of carbonyl (C=O) groups is 1. The molecule has 7 heteroatoms. The van der Waals surface area contributed by atoms with Gasteiger partial charge in [0.1, 0.15) is 0 Å². The maximum atomic E-state index is 11.1. The SMILES string of the molecule is CCNC(=NCCc1ccc(NC(C)=O)cc1)N1CCSC(CC)C1.I. The molecule has 1 aromatic carbocycles. The summed E-state index contributed by atoms with van der Waals surface area (Å²) in [4.78, 5) is 18.3. The van der Waals surface area contributed by atoms with Crippen LogP contribution in [0.25, 0.3) is 0 Å². The number of guanidine groups is 1. The number of aliphatic imine (C=N–C) groups is 1. The third-order valence-corrected chi connectivity index (χ3v) is 5.54. The first kappa shape index (κ1) is 23.1. The molecule has 0 bridgehead atoms. The Bertz CT molecular complexity index is 579. The van der Waals surface area contributed by atoms with Gasteiger partial charge in [0.25, 0.3) is 0 Å². The maximum Gasteiger partial charge on any atom is 0.221 e. The van der Waals surface area contributed by atoms with Crippen molar-refractivity contribution in [3.8, 4) is 0 Å². The van der Waals surface area contributed by atoms with Crippen LogP contribution in [0.2, 0.25) is 0 Å². The maximum absolute atomic E-state index is 11.1. The van der Waals surface area contributed by atoms with E-state index in [9.17, 15) is 4.79 Å². The molecule has 2 N–H and O–H groups in total. The molecule has 1 saturated heterocycles. The topological polar surface area (TPSA) is 56.7 Å². The molecule has 1 aliphatic heterocycles. The highest BCUT2D eigenvalue weighted by molar-refractivity contribution is 14.0. The zero-order chi connectivity index (χ0) is 18.1. The molecule has 1 unspecified atom stereocenters. The molecule has 0 spiro atoms. The smallest absolute Gasteiger partial charge is 0.221 e. The van der Waals surface area contributed by atoms with Crippen molar-refractivity contribution >= 4 is 53.3 Å². The summed E-state index contributed by atoms with van der Waals surface area (Å²) < 4.78 is 0. The Morgan fingerprint density at radius 1 is 1.31 bits per heavy atom. The largest absolute Gasteiger partial charge is 0.357 e. The van der Waals surface area contributed by atoms with Crippen molar-refractivity contribution in [2.75, 3.05) is 37.2 Å². The highest BCUT2D eigenvalue weighted by atomic mass is 127. The van der Waals surface area contributed by atoms with Gasteiger partial charge >= 0.3 is 0 Å². The molecule has 1 aromatic rings. The van der Waals surface area contributed by atoms with E-state index in [4.69, 9.17) is 4.99 Å². The minimum atomic E-state index is -0.0438. The predicted octanol–water partition coefficient (Wildman–Crippen LogP) is 3.60. The normalized spacial score (nSPS) is 17.4. The monoisotopic (exact) mass is 490 g/mol. The number of nitrogens with zero attached hydrogens (tertiary/aromatic N) is 2. The van der Waals surface area contributed by atoms with E-state index >= 15 is 0 Å². The van der Waals surface area contributed by atoms with Gasteiger partial charge in [-0.15, -0.1) is 24.0 Å². The molecule has 1 amide bonds. The summed E-state index contributed by atoms with van der Waals surface area (Å²) in [6.07, 6.45) is 2.11. The Morgan fingerprint density at radius 2 is 2.04 bits per heavy atom. The fourth-order valence-corrected chi connectivity index (χ4v) is 4.01. The number of halogens is 1. The number of amides is 1. The summed E-state index contributed by atoms with van der Waals surface area (Å²) in [5, 5.41) is 6.93. The highest BCUT2D eigenvalue weighted by Gasteiger charge is 2.21. The van der Waals surface area contributed by atoms with Crippen molar-refractivity contribution in [1.82, 2.24) is 10.2 Å². The van der Waals surface area contributed by atoms with Crippen LogP contribution in [0.4, 0.5) is 5.69 Å². The lowest BCUT2D eigenvalue weighted by molar-refractivity contribution is -0.114. The van der Waals surface area contributed by atoms with E-state index in [1.54, 1.807) is 0 Å². The van der Waals surface area contributed by atoms with E-state index in [0.29, 0.717) is 5.25 Å². The lowest BCUT2D eigenvalue weighted by Gasteiger charge is -2.34. The van der Waals surface area contributed by atoms with Gasteiger partial charge in [0, 0.05) is 49.8 Å². The van der Waals surface area contributed by atoms with Crippen molar-refractivity contribution in [2.45, 2.75) is 38.9 Å². The van der Waals surface area contributed by atoms with Gasteiger partial charge in [-0.05, 0) is 37.5 Å². The summed E-state index contributed by atoms with van der Waals surface area (Å²) in [5.41, 5.74) is 2.07. The van der Waals surface area contributed by atoms with Crippen LogP contribution in [0.15, 0.2) is 29.3 Å². The highest BCUT2D eigenvalue weighted by Crippen LogP contribution is 2.21. The van der Waals surface area contributed by atoms with E-state index in [1.165, 1.54) is 24.7 Å². The van der Waals surface area contributed by atoms with Gasteiger partial charge in [-0.25, -0.2) is 0 Å². The minimum absolute atomic E-state index is 0. The molecular weight excluding hydrogens is 459 g/mol. The van der Waals surface area contributed by atoms with Crippen LogP contribution in [0.3, 0.4) is 0 Å². The standard InChI is InChI=1S/C19H30N4OS.HI/c1-4-18-14-23(12-13-25-18)19(20-5-2)21-11-10-16-6-8-17(9-7-16)22-15(3)24;/h6-9,18H,4-5,10-14H2,1-3H3,(H,20,21)(H,22,24);1H. The van der Waals surface area contributed by atoms with Gasteiger partial charge in [0.2, 0.25) is 5.91 Å². The Kier molecular flexibility index (Phi) is 11.0. The number of hydrogen-bond donors (Lipinski definition) is 2. The molecule has 0 saturated carbocycles. The zero-order valence-corrected chi connectivity index (χ0v) is 19.1. The lowest BCUT2D eigenvalue weighted by Crippen LogP contribution is -2.48. The predicted molar refractivity (Wildman–Crippen MR) is 124 cm³/mol. The Labute approximate surface area is 178 Å². The quantitative estimate of drug-likeness (QED) is 0.364. The first-order chi connectivity index (χ1) is 12.1. The average molecular weight is 490 g/mol. The molecule has 0 radical (unpaired) electrons. The lowest BCUT2D eigenvalue weighted by atomic mass is 10.1. The summed E-state index contributed by atoms with van der Waals surface area (Å²) in [7, 11) is 0. The number of thioether (sulfide) groups is 1. The Hall–Kier alpha value is -0.960. The van der Waals surface area contributed by atoms with Crippen LogP contribution < -0.4 is 10.6 Å². The van der Waals surface area contributed by atoms with Crippen LogP contribution in [0.5, 0.6) is 0 Å². The third-order valence-electron chi connectivity index (χ3n) is 4.16. The van der Waals surface area contributed by atoms with E-state index < -0.39 is 0 Å². The van der Waals surface area contributed by atoms with E-state index in [1.807, 2.05) is 12.1 Å². The van der Waals surface area contributed by atoms with Crippen molar-refractivity contribution in [2.24, 2.45) is 4.99 Å². The second-order valence-corrected chi connectivity index (χ2v) is 7.62. The van der Waals surface area contributed by atoms with Gasteiger partial charge < -0.3 is 15.5 Å². The summed E-state index contributed by atoms with van der Waals surface area (Å²) in [6.45, 7) is 9.71. The number of carbonyl (C=O) groups excluding carboxylic acids is 1. The first-order valence-electron chi connectivity index (χ1n) is 9.13. The number of nitrogens with one attached hydrogen (secondary N) is 2. The van der Waals surface area contributed by atoms with Crippen molar-refractivity contribution in [3.63, 3.8) is 0 Å². The van der Waals surface area contributed by atoms with Gasteiger partial charge in [0.15, 0.2) is 5.96 Å². The molecule has 1 heterocycles. The molecule has 0 aromatic heterocycles. The van der Waals surface area contributed by atoms with Gasteiger partial charge in [-0.2, -0.15) is 11.8 Å². The molecule has 1 fully saturated rings. The summed E-state index contributed by atoms with van der Waals surface area (Å²) >= 11 is 2.07. The Morgan fingerprint density at radius 3 is 2.65 bits per heavy atom. The van der Waals surface area contributed by atoms with Crippen molar-refractivity contribution in [3.05, 3.63) is 29.8 Å². The van der Waals surface area contributed by atoms with Crippen molar-refractivity contribution < 1.29 is 4.79 Å². The van der Waals surface area contributed by atoms with E-state index in [2.05, 4.69) is 53.3 Å². The van der Waals surface area contributed by atoms with Gasteiger partial charge in [-0.3, -0.25) is 9.79 Å². The van der Waals surface area contributed by atoms with Gasteiger partial charge in [-0.1, -0.05) is 19.1 Å². The summed E-state index contributed by atoms with van der Waals surface area (Å²) in [6, 6.07) is 8.00. The van der Waals surface area contributed by atoms with Gasteiger partial charge in [0.05, 0.1) is 0 Å². The molecule has 146 valence electrons. The average Bonchev–Trinajstić information content (AvgIpc) is 2.62. The molecule has 5 nitrogen and oxygen atoms in total. The van der Waals surface area contributed by atoms with Crippen molar-refractivity contribution in [1.29, 1.82) is 0 Å². The third kappa shape index (κ3) is 7.73. The minimum Gasteiger partial charge on any atom is -0.357 e. The Balaban J connectivity index is 0.00000338. The fraction of sp³-hybridized carbons (Fsp3) is 0.579. The number of anilines is 1. The van der Waals surface area contributed by atoms with Crippen LogP contribution in [0, 0.1) is 0 Å². The fourth-order valence-electron chi connectivity index (χ4n) is 2.83. The molecule has 1 atom stereocenters. The molecule has 26 heavy (non-hydrogen) atoms. The van der Waals surface area contributed by atoms with Crippen LogP contribution in [0.1, 0.15) is 32.8 Å². The van der Waals surface area contributed by atoms with Crippen LogP contribution in [-0.2, 0) is 11.2 Å². The zero-order valence-electron chi connectivity index (χ0n) is 16.0. The number of benzene rings is 1. The number of hydrogen-bond acceptors (Lipinski definition) is 3. The second kappa shape index (κ2) is 12.4. The molecule has 1 aliphatic rings. The summed E-state index contributed by atoms with van der Waals surface area (Å²) in [5.74, 6) is 2.17. The first-order valence-corrected chi connectivity index (χ1v) is 10.2. The van der Waals surface area contributed by atoms with Crippen LogP contribution in [-0.4, -0.2) is 53.9 Å². The second-order valence-electron chi connectivity index (χ2n) is 6.21. The molecule has 2 rings (SSSR count).